The number of rotatable bonds is 5. The molecular weight excluding hydrogens is 530 g/mol. The molecule has 1 saturated heterocycles. The maximum atomic E-state index is 10.3. The summed E-state index contributed by atoms with van der Waals surface area (Å²) in [5.74, 6) is 0.0801. The number of aromatic hydroxyl groups is 2. The Labute approximate surface area is 186 Å². The first-order valence-electron chi connectivity index (χ1n) is 8.76. The van der Waals surface area contributed by atoms with Crippen molar-refractivity contribution in [1.82, 2.24) is 19.5 Å². The largest absolute Gasteiger partial charge is 0.506 e. The second-order valence-corrected chi connectivity index (χ2v) is 8.35. The standard InChI is InChI=1S/C17H17Br2N5O6/c18-7-1-8(19)12(27)6(11(7)26)2-20-15-10-16(22-4-21-15)24(5-23-10)17-14(29)13(28)9(3-25)30-17/h1,4-5,9,13-14,17,25-29H,2-3H2,(H,20,21,22)/t9-,13-,14-,17?/m1/s1. The molecule has 2 aromatic heterocycles. The lowest BCUT2D eigenvalue weighted by Gasteiger charge is -2.16. The Bertz CT molecular complexity index is 1070. The van der Waals surface area contributed by atoms with Crippen LogP contribution in [0.1, 0.15) is 11.8 Å². The minimum Gasteiger partial charge on any atom is -0.506 e. The molecule has 0 radical (unpaired) electrons. The minimum atomic E-state index is -1.28. The number of fused-ring (bicyclic) bond motifs is 1. The average Bonchev–Trinajstić information content (AvgIpc) is 3.28. The number of anilines is 1. The lowest BCUT2D eigenvalue weighted by Crippen LogP contribution is -2.33. The van der Waals surface area contributed by atoms with E-state index in [0.717, 1.165) is 0 Å². The summed E-state index contributed by atoms with van der Waals surface area (Å²) in [5, 5.41) is 53.0. The van der Waals surface area contributed by atoms with Gasteiger partial charge < -0.3 is 35.6 Å². The summed E-state index contributed by atoms with van der Waals surface area (Å²) in [6, 6.07) is 1.53. The van der Waals surface area contributed by atoms with Crippen molar-refractivity contribution in [3.8, 4) is 11.5 Å². The molecule has 0 bridgehead atoms. The fourth-order valence-corrected chi connectivity index (χ4v) is 4.51. The van der Waals surface area contributed by atoms with Gasteiger partial charge in [-0.25, -0.2) is 15.0 Å². The molecule has 30 heavy (non-hydrogen) atoms. The minimum absolute atomic E-state index is 0.0303. The number of phenols is 2. The number of halogens is 2. The highest BCUT2D eigenvalue weighted by molar-refractivity contribution is 9.11. The molecule has 1 aliphatic rings. The summed E-state index contributed by atoms with van der Waals surface area (Å²) in [4.78, 5) is 12.6. The van der Waals surface area contributed by atoms with Gasteiger partial charge in [-0.15, -0.1) is 0 Å². The quantitative estimate of drug-likeness (QED) is 0.271. The van der Waals surface area contributed by atoms with Crippen molar-refractivity contribution in [1.29, 1.82) is 0 Å². The SMILES string of the molecule is OC[C@H]1OC(n2cnc3c(NCc4c(O)c(Br)cc(Br)c4O)ncnc32)[C@H](O)[C@@H]1O. The first-order valence-corrected chi connectivity index (χ1v) is 10.3. The van der Waals surface area contributed by atoms with Gasteiger partial charge in [0.2, 0.25) is 0 Å². The van der Waals surface area contributed by atoms with Gasteiger partial charge in [0, 0.05) is 6.54 Å². The van der Waals surface area contributed by atoms with Crippen LogP contribution in [-0.2, 0) is 11.3 Å². The molecule has 1 aromatic carbocycles. The zero-order valence-electron chi connectivity index (χ0n) is 15.1. The van der Waals surface area contributed by atoms with Crippen molar-refractivity contribution in [2.24, 2.45) is 0 Å². The van der Waals surface area contributed by atoms with Gasteiger partial charge in [-0.3, -0.25) is 4.57 Å². The van der Waals surface area contributed by atoms with Gasteiger partial charge in [0.15, 0.2) is 23.2 Å². The Morgan fingerprint density at radius 1 is 1.07 bits per heavy atom. The molecule has 0 saturated carbocycles. The van der Waals surface area contributed by atoms with Crippen molar-refractivity contribution >= 4 is 48.8 Å². The van der Waals surface area contributed by atoms with Crippen LogP contribution < -0.4 is 5.32 Å². The third kappa shape index (κ3) is 3.50. The highest BCUT2D eigenvalue weighted by atomic mass is 79.9. The topological polar surface area (TPSA) is 166 Å². The van der Waals surface area contributed by atoms with E-state index >= 15 is 0 Å². The van der Waals surface area contributed by atoms with E-state index in [9.17, 15) is 25.5 Å². The van der Waals surface area contributed by atoms with E-state index in [1.807, 2.05) is 0 Å². The molecule has 11 nitrogen and oxygen atoms in total. The molecule has 4 atom stereocenters. The summed E-state index contributed by atoms with van der Waals surface area (Å²) < 4.78 is 7.79. The Balaban J connectivity index is 1.64. The second kappa shape index (κ2) is 8.24. The second-order valence-electron chi connectivity index (χ2n) is 6.64. The van der Waals surface area contributed by atoms with E-state index in [1.54, 1.807) is 0 Å². The molecular formula is C17H17Br2N5O6. The summed E-state index contributed by atoms with van der Waals surface area (Å²) in [6.45, 7) is -0.416. The number of aliphatic hydroxyl groups excluding tert-OH is 3. The number of nitrogens with one attached hydrogen (secondary N) is 1. The maximum Gasteiger partial charge on any atom is 0.167 e. The number of aliphatic hydroxyl groups is 3. The summed E-state index contributed by atoms with van der Waals surface area (Å²) in [6.07, 6.45) is -1.78. The molecule has 1 aliphatic heterocycles. The Morgan fingerprint density at radius 2 is 1.77 bits per heavy atom. The highest BCUT2D eigenvalue weighted by Gasteiger charge is 2.44. The molecule has 6 N–H and O–H groups in total. The third-order valence-electron chi connectivity index (χ3n) is 4.86. The van der Waals surface area contributed by atoms with E-state index in [-0.39, 0.29) is 23.6 Å². The van der Waals surface area contributed by atoms with Crippen LogP contribution >= 0.6 is 31.9 Å². The molecule has 1 unspecified atom stereocenters. The Morgan fingerprint density at radius 3 is 2.40 bits per heavy atom. The van der Waals surface area contributed by atoms with Crippen LogP contribution in [0.25, 0.3) is 11.2 Å². The normalized spacial score (nSPS) is 23.9. The van der Waals surface area contributed by atoms with Crippen LogP contribution in [0.5, 0.6) is 11.5 Å². The average molecular weight is 547 g/mol. The van der Waals surface area contributed by atoms with E-state index in [2.05, 4.69) is 52.1 Å². The maximum absolute atomic E-state index is 10.3. The zero-order chi connectivity index (χ0) is 21.6. The molecule has 13 heteroatoms. The summed E-state index contributed by atoms with van der Waals surface area (Å²) >= 11 is 6.45. The van der Waals surface area contributed by atoms with E-state index in [1.165, 1.54) is 23.3 Å². The van der Waals surface area contributed by atoms with Gasteiger partial charge in [0.05, 0.1) is 27.4 Å². The van der Waals surface area contributed by atoms with Crippen molar-refractivity contribution in [3.63, 3.8) is 0 Å². The first-order chi connectivity index (χ1) is 14.3. The van der Waals surface area contributed by atoms with Crippen LogP contribution in [0.3, 0.4) is 0 Å². The number of phenolic OH excluding ortho intramolecular Hbond substituents is 2. The number of ether oxygens (including phenoxy) is 1. The molecule has 0 spiro atoms. The number of aromatic nitrogens is 4. The van der Waals surface area contributed by atoms with Gasteiger partial charge >= 0.3 is 0 Å². The van der Waals surface area contributed by atoms with Crippen molar-refractivity contribution in [2.75, 3.05) is 11.9 Å². The number of nitrogens with zero attached hydrogens (tertiary/aromatic N) is 4. The molecule has 1 fully saturated rings. The fourth-order valence-electron chi connectivity index (χ4n) is 3.27. The van der Waals surface area contributed by atoms with Crippen LogP contribution in [-0.4, -0.2) is 70.0 Å². The highest BCUT2D eigenvalue weighted by Crippen LogP contribution is 2.40. The van der Waals surface area contributed by atoms with E-state index in [4.69, 9.17) is 4.74 Å². The van der Waals surface area contributed by atoms with Crippen molar-refractivity contribution < 1.29 is 30.3 Å². The fraction of sp³-hybridized carbons (Fsp3) is 0.353. The van der Waals surface area contributed by atoms with Crippen molar-refractivity contribution in [3.05, 3.63) is 33.2 Å². The van der Waals surface area contributed by atoms with Crippen LogP contribution in [0.4, 0.5) is 5.82 Å². The molecule has 3 heterocycles. The van der Waals surface area contributed by atoms with Gasteiger partial charge in [0.25, 0.3) is 0 Å². The third-order valence-corrected chi connectivity index (χ3v) is 6.07. The smallest absolute Gasteiger partial charge is 0.167 e. The van der Waals surface area contributed by atoms with E-state index < -0.39 is 31.1 Å². The molecule has 0 aliphatic carbocycles. The lowest BCUT2D eigenvalue weighted by molar-refractivity contribution is -0.0511. The lowest BCUT2D eigenvalue weighted by atomic mass is 10.1. The van der Waals surface area contributed by atoms with Gasteiger partial charge in [-0.05, 0) is 37.9 Å². The Kier molecular flexibility index (Phi) is 5.83. The van der Waals surface area contributed by atoms with E-state index in [0.29, 0.717) is 25.9 Å². The molecule has 0 amide bonds. The number of benzene rings is 1. The zero-order valence-corrected chi connectivity index (χ0v) is 18.3. The monoisotopic (exact) mass is 545 g/mol. The number of hydrogen-bond donors (Lipinski definition) is 6. The first kappa shape index (κ1) is 21.2. The van der Waals surface area contributed by atoms with Gasteiger partial charge in [-0.1, -0.05) is 0 Å². The summed E-state index contributed by atoms with van der Waals surface area (Å²) in [7, 11) is 0. The molecule has 160 valence electrons. The molecule has 4 rings (SSSR count). The van der Waals surface area contributed by atoms with Gasteiger partial charge in [-0.2, -0.15) is 0 Å². The van der Waals surface area contributed by atoms with Crippen LogP contribution in [0.2, 0.25) is 0 Å². The number of imidazole rings is 1. The van der Waals surface area contributed by atoms with Crippen molar-refractivity contribution in [2.45, 2.75) is 31.1 Å². The molecule has 3 aromatic rings. The van der Waals surface area contributed by atoms with Gasteiger partial charge in [0.1, 0.15) is 36.1 Å². The number of hydrogen-bond acceptors (Lipinski definition) is 10. The summed E-state index contributed by atoms with van der Waals surface area (Å²) in [5.41, 5.74) is 0.917. The van der Waals surface area contributed by atoms with Crippen LogP contribution in [0.15, 0.2) is 27.7 Å². The predicted octanol–water partition coefficient (Wildman–Crippen LogP) is 0.986. The van der Waals surface area contributed by atoms with Crippen LogP contribution in [0, 0.1) is 0 Å². The Hall–Kier alpha value is -2.03. The predicted molar refractivity (Wildman–Crippen MR) is 111 cm³/mol.